The molecule has 6 heteroatoms. The number of carbonyl (C=O) groups excluding carboxylic acids is 2. The van der Waals surface area contributed by atoms with Crippen molar-refractivity contribution in [2.45, 2.75) is 45.3 Å². The van der Waals surface area contributed by atoms with Gasteiger partial charge in [0.1, 0.15) is 18.4 Å². The third kappa shape index (κ3) is 6.47. The van der Waals surface area contributed by atoms with Gasteiger partial charge in [0.2, 0.25) is 0 Å². The highest BCUT2D eigenvalue weighted by atomic mass is 16.6. The molecule has 6 nitrogen and oxygen atoms in total. The number of nitrogens with one attached hydrogen (secondary N) is 2. The fraction of sp³-hybridized carbons (Fsp3) is 0.280. The first-order chi connectivity index (χ1) is 15.1. The minimum atomic E-state index is -0.902. The summed E-state index contributed by atoms with van der Waals surface area (Å²) in [5.41, 5.74) is 2.73. The number of allylic oxidation sites excluding steroid dienone is 1. The summed E-state index contributed by atoms with van der Waals surface area (Å²) in [6.07, 6.45) is 3.88. The summed E-state index contributed by atoms with van der Waals surface area (Å²) in [6, 6.07) is 16.3. The maximum absolute atomic E-state index is 12.8. The Morgan fingerprint density at radius 3 is 2.61 bits per heavy atom. The molecule has 2 aromatic carbocycles. The molecule has 1 atom stereocenters. The quantitative estimate of drug-likeness (QED) is 0.347. The van der Waals surface area contributed by atoms with Gasteiger partial charge in [-0.15, -0.1) is 0 Å². The van der Waals surface area contributed by atoms with E-state index in [0.29, 0.717) is 12.2 Å². The van der Waals surface area contributed by atoms with Crippen LogP contribution in [0, 0.1) is 0 Å². The maximum atomic E-state index is 12.8. The van der Waals surface area contributed by atoms with Crippen LogP contribution in [0.3, 0.4) is 0 Å². The molecule has 1 aromatic heterocycles. The molecule has 0 aliphatic heterocycles. The zero-order chi connectivity index (χ0) is 22.1. The van der Waals surface area contributed by atoms with Gasteiger partial charge < -0.3 is 19.8 Å². The van der Waals surface area contributed by atoms with Crippen LogP contribution in [0.15, 0.2) is 73.1 Å². The topological polar surface area (TPSA) is 80.4 Å². The molecular weight excluding hydrogens is 392 g/mol. The average molecular weight is 421 g/mol. The molecule has 31 heavy (non-hydrogen) atoms. The molecule has 0 aliphatic carbocycles. The van der Waals surface area contributed by atoms with Crippen LogP contribution in [0.2, 0.25) is 0 Å². The molecule has 162 valence electrons. The summed E-state index contributed by atoms with van der Waals surface area (Å²) < 4.78 is 10.7. The van der Waals surface area contributed by atoms with Gasteiger partial charge in [-0.05, 0) is 23.6 Å². The van der Waals surface area contributed by atoms with Crippen molar-refractivity contribution < 1.29 is 19.1 Å². The van der Waals surface area contributed by atoms with Crippen molar-refractivity contribution in [3.05, 3.63) is 84.3 Å². The average Bonchev–Trinajstić information content (AvgIpc) is 3.19. The van der Waals surface area contributed by atoms with Crippen molar-refractivity contribution in [3.63, 3.8) is 0 Å². The van der Waals surface area contributed by atoms with E-state index in [-0.39, 0.29) is 13.0 Å². The number of alkyl carbamates (subject to hydrolysis) is 1. The van der Waals surface area contributed by atoms with E-state index < -0.39 is 18.1 Å². The van der Waals surface area contributed by atoms with Gasteiger partial charge in [-0.25, -0.2) is 9.59 Å². The fourth-order valence-electron chi connectivity index (χ4n) is 3.26. The first kappa shape index (κ1) is 22.2. The number of hydrogen-bond donors (Lipinski definition) is 2. The molecule has 1 heterocycles. The van der Waals surface area contributed by atoms with Crippen LogP contribution < -0.4 is 5.32 Å². The van der Waals surface area contributed by atoms with Gasteiger partial charge in [0, 0.05) is 29.9 Å². The van der Waals surface area contributed by atoms with E-state index in [0.717, 1.165) is 34.9 Å². The summed E-state index contributed by atoms with van der Waals surface area (Å²) in [7, 11) is 0. The number of unbranched alkanes of at least 4 members (excludes halogenated alkanes) is 1. The molecule has 2 N–H and O–H groups in total. The molecule has 3 aromatic rings. The smallest absolute Gasteiger partial charge is 0.408 e. The van der Waals surface area contributed by atoms with E-state index >= 15 is 0 Å². The lowest BCUT2D eigenvalue weighted by molar-refractivity contribution is -0.142. The lowest BCUT2D eigenvalue weighted by Gasteiger charge is -2.18. The SMILES string of the molecule is C=C(CCCC)OC(=O)[C@H](Cc1c[nH]c2ccccc12)NC(=O)OCc1ccccc1. The van der Waals surface area contributed by atoms with Gasteiger partial charge in [-0.2, -0.15) is 0 Å². The van der Waals surface area contributed by atoms with Gasteiger partial charge >= 0.3 is 12.1 Å². The number of carbonyl (C=O) groups is 2. The second kappa shape index (κ2) is 11.0. The minimum Gasteiger partial charge on any atom is -0.445 e. The number of aromatic nitrogens is 1. The number of ether oxygens (including phenoxy) is 2. The lowest BCUT2D eigenvalue weighted by Crippen LogP contribution is -2.43. The predicted molar refractivity (Wildman–Crippen MR) is 120 cm³/mol. The van der Waals surface area contributed by atoms with Gasteiger partial charge in [-0.3, -0.25) is 0 Å². The van der Waals surface area contributed by atoms with E-state index in [1.807, 2.05) is 60.8 Å². The lowest BCUT2D eigenvalue weighted by atomic mass is 10.1. The van der Waals surface area contributed by atoms with Crippen LogP contribution in [-0.4, -0.2) is 23.1 Å². The van der Waals surface area contributed by atoms with Crippen LogP contribution in [0.25, 0.3) is 10.9 Å². The normalized spacial score (nSPS) is 11.6. The van der Waals surface area contributed by atoms with Gasteiger partial charge in [-0.1, -0.05) is 68.5 Å². The fourth-order valence-corrected chi connectivity index (χ4v) is 3.26. The number of aromatic amines is 1. The largest absolute Gasteiger partial charge is 0.445 e. The zero-order valence-corrected chi connectivity index (χ0v) is 17.7. The monoisotopic (exact) mass is 420 g/mol. The Morgan fingerprint density at radius 2 is 1.84 bits per heavy atom. The minimum absolute atomic E-state index is 0.116. The standard InChI is InChI=1S/C25H28N2O4/c1-3-4-10-18(2)31-24(28)23(15-20-16-26-22-14-9-8-13-21(20)22)27-25(29)30-17-19-11-6-5-7-12-19/h5-9,11-14,16,23,26H,2-4,10,15,17H2,1H3,(H,27,29)/t23-/m0/s1. The summed E-state index contributed by atoms with van der Waals surface area (Å²) in [6.45, 7) is 5.99. The molecule has 0 aliphatic rings. The second-order valence-corrected chi connectivity index (χ2v) is 7.39. The van der Waals surface area contributed by atoms with Crippen LogP contribution in [0.5, 0.6) is 0 Å². The van der Waals surface area contributed by atoms with Crippen LogP contribution in [0.1, 0.15) is 37.3 Å². The van der Waals surface area contributed by atoms with Crippen molar-refractivity contribution in [2.75, 3.05) is 0 Å². The third-order valence-corrected chi connectivity index (χ3v) is 4.94. The molecule has 0 saturated heterocycles. The Morgan fingerprint density at radius 1 is 1.10 bits per heavy atom. The van der Waals surface area contributed by atoms with Crippen LogP contribution in [-0.2, 0) is 27.3 Å². The zero-order valence-electron chi connectivity index (χ0n) is 17.7. The number of esters is 1. The van der Waals surface area contributed by atoms with Gasteiger partial charge in [0.05, 0.1) is 0 Å². The number of para-hydroxylation sites is 1. The van der Waals surface area contributed by atoms with E-state index in [1.165, 1.54) is 0 Å². The molecular formula is C25H28N2O4. The second-order valence-electron chi connectivity index (χ2n) is 7.39. The van der Waals surface area contributed by atoms with Gasteiger partial charge in [0.25, 0.3) is 0 Å². The van der Waals surface area contributed by atoms with Crippen LogP contribution >= 0.6 is 0 Å². The first-order valence-corrected chi connectivity index (χ1v) is 10.5. The molecule has 0 unspecified atom stereocenters. The molecule has 0 spiro atoms. The number of fused-ring (bicyclic) bond motifs is 1. The first-order valence-electron chi connectivity index (χ1n) is 10.5. The van der Waals surface area contributed by atoms with E-state index in [9.17, 15) is 9.59 Å². The molecule has 1 amide bonds. The molecule has 0 radical (unpaired) electrons. The van der Waals surface area contributed by atoms with E-state index in [4.69, 9.17) is 9.47 Å². The maximum Gasteiger partial charge on any atom is 0.408 e. The Hall–Kier alpha value is -3.54. The number of hydrogen-bond acceptors (Lipinski definition) is 4. The summed E-state index contributed by atoms with van der Waals surface area (Å²) in [5, 5.41) is 3.65. The number of amides is 1. The van der Waals surface area contributed by atoms with E-state index in [2.05, 4.69) is 23.8 Å². The van der Waals surface area contributed by atoms with Crippen molar-refractivity contribution in [1.29, 1.82) is 0 Å². The predicted octanol–water partition coefficient (Wildman–Crippen LogP) is 5.25. The Balaban J connectivity index is 1.69. The summed E-state index contributed by atoms with van der Waals surface area (Å²) in [5.74, 6) is -0.154. The van der Waals surface area contributed by atoms with Crippen molar-refractivity contribution in [2.24, 2.45) is 0 Å². The third-order valence-electron chi connectivity index (χ3n) is 4.94. The summed E-state index contributed by atoms with van der Waals surface area (Å²) >= 11 is 0. The number of rotatable bonds is 10. The highest BCUT2D eigenvalue weighted by molar-refractivity contribution is 5.86. The van der Waals surface area contributed by atoms with Crippen molar-refractivity contribution >= 4 is 23.0 Å². The molecule has 3 rings (SSSR count). The molecule has 0 fully saturated rings. The van der Waals surface area contributed by atoms with Crippen molar-refractivity contribution in [3.8, 4) is 0 Å². The highest BCUT2D eigenvalue weighted by Gasteiger charge is 2.25. The van der Waals surface area contributed by atoms with E-state index in [1.54, 1.807) is 0 Å². The Labute approximate surface area is 182 Å². The highest BCUT2D eigenvalue weighted by Crippen LogP contribution is 2.20. The van der Waals surface area contributed by atoms with Gasteiger partial charge in [0.15, 0.2) is 0 Å². The van der Waals surface area contributed by atoms with Crippen LogP contribution in [0.4, 0.5) is 4.79 Å². The summed E-state index contributed by atoms with van der Waals surface area (Å²) in [4.78, 5) is 28.4. The number of benzene rings is 2. The Bertz CT molecular complexity index is 1030. The number of H-pyrrole nitrogens is 1. The van der Waals surface area contributed by atoms with Crippen molar-refractivity contribution in [1.82, 2.24) is 10.3 Å². The molecule has 0 bridgehead atoms. The molecule has 0 saturated carbocycles. The Kier molecular flexibility index (Phi) is 7.87.